The van der Waals surface area contributed by atoms with Crippen molar-refractivity contribution in [1.29, 1.82) is 0 Å². The van der Waals surface area contributed by atoms with Gasteiger partial charge in [0.15, 0.2) is 0 Å². The first-order valence-corrected chi connectivity index (χ1v) is 5.42. The van der Waals surface area contributed by atoms with E-state index in [9.17, 15) is 4.79 Å². The summed E-state index contributed by atoms with van der Waals surface area (Å²) >= 11 is 0. The Kier molecular flexibility index (Phi) is 2.95. The van der Waals surface area contributed by atoms with Gasteiger partial charge in [-0.15, -0.1) is 0 Å². The summed E-state index contributed by atoms with van der Waals surface area (Å²) < 4.78 is 5.77. The number of ether oxygens (including phenoxy) is 1. The number of fused-ring (bicyclic) bond motifs is 1. The molecule has 3 heteroatoms. The highest BCUT2D eigenvalue weighted by Crippen LogP contribution is 2.29. The van der Waals surface area contributed by atoms with Gasteiger partial charge >= 0.3 is 5.97 Å². The smallest absolute Gasteiger partial charge is 0.336 e. The topological polar surface area (TPSA) is 46.5 Å². The Morgan fingerprint density at radius 1 is 1.56 bits per heavy atom. The molecule has 2 rings (SSSR count). The molecule has 0 radical (unpaired) electrons. The summed E-state index contributed by atoms with van der Waals surface area (Å²) in [6.45, 7) is 2.06. The molecule has 3 nitrogen and oxygen atoms in total. The molecule has 1 aromatic rings. The molecule has 0 spiro atoms. The fourth-order valence-corrected chi connectivity index (χ4v) is 1.82. The third-order valence-corrected chi connectivity index (χ3v) is 2.73. The molecule has 0 saturated heterocycles. The van der Waals surface area contributed by atoms with E-state index in [1.54, 1.807) is 12.1 Å². The average Bonchev–Trinajstić information content (AvgIpc) is 2.49. The second-order valence-electron chi connectivity index (χ2n) is 3.81. The summed E-state index contributed by atoms with van der Waals surface area (Å²) in [5, 5.41) is 9.07. The van der Waals surface area contributed by atoms with Crippen LogP contribution in [0, 0.1) is 0 Å². The number of rotatable bonds is 2. The van der Waals surface area contributed by atoms with Gasteiger partial charge in [0.25, 0.3) is 0 Å². The summed E-state index contributed by atoms with van der Waals surface area (Å²) in [5.74, 6) is -0.249. The standard InChI is InChI=1S/C13H14O3/c1-2-9-5-3-6-10-11(13(14)15)7-4-8-12(10)16-9/h3-4,6-9H,2,5H2,1H3,(H,14,15). The lowest BCUT2D eigenvalue weighted by molar-refractivity contribution is 0.0696. The van der Waals surface area contributed by atoms with Crippen LogP contribution >= 0.6 is 0 Å². The Balaban J connectivity index is 2.47. The Hall–Kier alpha value is -1.77. The average molecular weight is 218 g/mol. The van der Waals surface area contributed by atoms with Crippen molar-refractivity contribution in [3.05, 3.63) is 35.4 Å². The fraction of sp³-hybridized carbons (Fsp3) is 0.308. The number of aromatic carboxylic acids is 1. The fourth-order valence-electron chi connectivity index (χ4n) is 1.82. The lowest BCUT2D eigenvalue weighted by Crippen LogP contribution is -2.14. The second-order valence-corrected chi connectivity index (χ2v) is 3.81. The van der Waals surface area contributed by atoms with Crippen molar-refractivity contribution in [1.82, 2.24) is 0 Å². The van der Waals surface area contributed by atoms with Crippen molar-refractivity contribution in [2.24, 2.45) is 0 Å². The molecule has 1 heterocycles. The van der Waals surface area contributed by atoms with Gasteiger partial charge in [0.2, 0.25) is 0 Å². The van der Waals surface area contributed by atoms with Gasteiger partial charge in [-0.05, 0) is 18.6 Å². The van der Waals surface area contributed by atoms with Crippen LogP contribution in [0.3, 0.4) is 0 Å². The molecule has 0 fully saturated rings. The molecule has 1 aliphatic heterocycles. The highest BCUT2D eigenvalue weighted by atomic mass is 16.5. The molecule has 1 aliphatic rings. The summed E-state index contributed by atoms with van der Waals surface area (Å²) in [7, 11) is 0. The Labute approximate surface area is 94.4 Å². The Bertz CT molecular complexity index is 435. The zero-order chi connectivity index (χ0) is 11.5. The number of carboxylic acid groups (broad SMARTS) is 1. The van der Waals surface area contributed by atoms with Crippen LogP contribution in [0.2, 0.25) is 0 Å². The largest absolute Gasteiger partial charge is 0.489 e. The molecule has 0 aromatic heterocycles. The van der Waals surface area contributed by atoms with E-state index >= 15 is 0 Å². The molecule has 0 bridgehead atoms. The van der Waals surface area contributed by atoms with Gasteiger partial charge in [-0.3, -0.25) is 0 Å². The summed E-state index contributed by atoms with van der Waals surface area (Å²) in [5.41, 5.74) is 0.969. The lowest BCUT2D eigenvalue weighted by Gasteiger charge is -2.15. The van der Waals surface area contributed by atoms with Gasteiger partial charge in [-0.1, -0.05) is 25.1 Å². The zero-order valence-electron chi connectivity index (χ0n) is 9.14. The number of hydrogen-bond acceptors (Lipinski definition) is 2. The summed E-state index contributed by atoms with van der Waals surface area (Å²) in [6, 6.07) is 5.13. The van der Waals surface area contributed by atoms with Gasteiger partial charge < -0.3 is 9.84 Å². The van der Waals surface area contributed by atoms with Gasteiger partial charge in [0.1, 0.15) is 11.9 Å². The third kappa shape index (κ3) is 1.94. The first-order valence-electron chi connectivity index (χ1n) is 5.42. The van der Waals surface area contributed by atoms with Gasteiger partial charge in [0, 0.05) is 12.0 Å². The van der Waals surface area contributed by atoms with Crippen molar-refractivity contribution in [2.45, 2.75) is 25.9 Å². The molecule has 16 heavy (non-hydrogen) atoms. The predicted molar refractivity (Wildman–Crippen MR) is 61.8 cm³/mol. The maximum absolute atomic E-state index is 11.0. The maximum atomic E-state index is 11.0. The van der Waals surface area contributed by atoms with Crippen LogP contribution in [0.4, 0.5) is 0 Å². The Morgan fingerprint density at radius 2 is 2.38 bits per heavy atom. The molecule has 84 valence electrons. The van der Waals surface area contributed by atoms with Crippen LogP contribution in [-0.4, -0.2) is 17.2 Å². The highest BCUT2D eigenvalue weighted by molar-refractivity contribution is 5.93. The first kappa shape index (κ1) is 10.7. The molecular formula is C13H14O3. The summed E-state index contributed by atoms with van der Waals surface area (Å²) in [4.78, 5) is 11.0. The minimum Gasteiger partial charge on any atom is -0.489 e. The monoisotopic (exact) mass is 218 g/mol. The van der Waals surface area contributed by atoms with E-state index in [0.29, 0.717) is 16.9 Å². The van der Waals surface area contributed by atoms with E-state index in [1.165, 1.54) is 0 Å². The van der Waals surface area contributed by atoms with Gasteiger partial charge in [0.05, 0.1) is 5.56 Å². The van der Waals surface area contributed by atoms with E-state index in [1.807, 2.05) is 18.2 Å². The van der Waals surface area contributed by atoms with E-state index < -0.39 is 5.97 Å². The minimum absolute atomic E-state index is 0.140. The van der Waals surface area contributed by atoms with Crippen LogP contribution in [-0.2, 0) is 0 Å². The van der Waals surface area contributed by atoms with Gasteiger partial charge in [-0.2, -0.15) is 0 Å². The molecule has 1 aromatic carbocycles. The first-order chi connectivity index (χ1) is 7.72. The lowest BCUT2D eigenvalue weighted by atomic mass is 10.1. The van der Waals surface area contributed by atoms with Crippen LogP contribution in [0.1, 0.15) is 35.7 Å². The van der Waals surface area contributed by atoms with E-state index in [0.717, 1.165) is 12.8 Å². The molecule has 0 aliphatic carbocycles. The quantitative estimate of drug-likeness (QED) is 0.830. The molecule has 1 N–H and O–H groups in total. The van der Waals surface area contributed by atoms with E-state index in [4.69, 9.17) is 9.84 Å². The van der Waals surface area contributed by atoms with Crippen molar-refractivity contribution in [2.75, 3.05) is 0 Å². The van der Waals surface area contributed by atoms with Crippen LogP contribution in [0.25, 0.3) is 6.08 Å². The number of carboxylic acids is 1. The van der Waals surface area contributed by atoms with Crippen LogP contribution in [0.15, 0.2) is 24.3 Å². The van der Waals surface area contributed by atoms with E-state index in [-0.39, 0.29) is 6.10 Å². The predicted octanol–water partition coefficient (Wildman–Crippen LogP) is 2.96. The normalized spacial score (nSPS) is 18.4. The highest BCUT2D eigenvalue weighted by Gasteiger charge is 2.17. The molecular weight excluding hydrogens is 204 g/mol. The number of benzene rings is 1. The number of carbonyl (C=O) groups is 1. The molecule has 0 saturated carbocycles. The molecule has 0 amide bonds. The van der Waals surface area contributed by atoms with E-state index in [2.05, 4.69) is 6.92 Å². The van der Waals surface area contributed by atoms with Crippen LogP contribution < -0.4 is 4.74 Å². The van der Waals surface area contributed by atoms with Crippen LogP contribution in [0.5, 0.6) is 5.75 Å². The number of hydrogen-bond donors (Lipinski definition) is 1. The van der Waals surface area contributed by atoms with Crippen molar-refractivity contribution >= 4 is 12.0 Å². The minimum atomic E-state index is -0.917. The van der Waals surface area contributed by atoms with Crippen molar-refractivity contribution in [3.8, 4) is 5.75 Å². The molecule has 1 atom stereocenters. The zero-order valence-corrected chi connectivity index (χ0v) is 9.14. The third-order valence-electron chi connectivity index (χ3n) is 2.73. The molecule has 1 unspecified atom stereocenters. The Morgan fingerprint density at radius 3 is 3.06 bits per heavy atom. The van der Waals surface area contributed by atoms with Crippen molar-refractivity contribution in [3.63, 3.8) is 0 Å². The maximum Gasteiger partial charge on any atom is 0.336 e. The second kappa shape index (κ2) is 4.39. The SMILES string of the molecule is CCC1CC=Cc2c(cccc2C(=O)O)O1. The van der Waals surface area contributed by atoms with Gasteiger partial charge in [-0.25, -0.2) is 4.79 Å². The van der Waals surface area contributed by atoms with Crippen molar-refractivity contribution < 1.29 is 14.6 Å². The summed E-state index contributed by atoms with van der Waals surface area (Å²) in [6.07, 6.45) is 5.70.